The van der Waals surface area contributed by atoms with Gasteiger partial charge in [-0.15, -0.1) is 5.10 Å². The van der Waals surface area contributed by atoms with Crippen LogP contribution in [0.2, 0.25) is 0 Å². The summed E-state index contributed by atoms with van der Waals surface area (Å²) in [4.78, 5) is 5.14. The van der Waals surface area contributed by atoms with Crippen molar-refractivity contribution in [3.63, 3.8) is 0 Å². The highest BCUT2D eigenvalue weighted by molar-refractivity contribution is 6.18. The van der Waals surface area contributed by atoms with Crippen LogP contribution in [0.4, 0.5) is 0 Å². The van der Waals surface area contributed by atoms with E-state index >= 15 is 0 Å². The van der Waals surface area contributed by atoms with Crippen LogP contribution in [-0.4, -0.2) is 23.7 Å². The minimum atomic E-state index is -0.0679. The van der Waals surface area contributed by atoms with Gasteiger partial charge in [0, 0.05) is 56.5 Å². The van der Waals surface area contributed by atoms with Gasteiger partial charge in [-0.25, -0.2) is 9.50 Å². The van der Waals surface area contributed by atoms with Gasteiger partial charge in [0.15, 0.2) is 11.5 Å². The van der Waals surface area contributed by atoms with Crippen molar-refractivity contribution >= 4 is 38.4 Å². The lowest BCUT2D eigenvalue weighted by atomic mass is 9.81. The van der Waals surface area contributed by atoms with Gasteiger partial charge < -0.3 is 9.13 Å². The molecule has 0 saturated carbocycles. The van der Waals surface area contributed by atoms with Gasteiger partial charge in [-0.2, -0.15) is 0 Å². The zero-order valence-corrected chi connectivity index (χ0v) is 28.8. The predicted octanol–water partition coefficient (Wildman–Crippen LogP) is 11.4. The molecule has 52 heavy (non-hydrogen) atoms. The number of fused-ring (bicyclic) bond motifs is 9. The fourth-order valence-electron chi connectivity index (χ4n) is 8.64. The van der Waals surface area contributed by atoms with Crippen LogP contribution in [0, 0.1) is 0 Å². The smallest absolute Gasteiger partial charge is 0.182 e. The Kier molecular flexibility index (Phi) is 5.95. The molecule has 0 atom stereocenters. The molecule has 0 amide bonds. The highest BCUT2D eigenvalue weighted by Crippen LogP contribution is 2.49. The molecule has 0 saturated heterocycles. The fourth-order valence-corrected chi connectivity index (χ4v) is 8.64. The third-order valence-corrected chi connectivity index (χ3v) is 11.2. The number of pyridine rings is 1. The topological polar surface area (TPSA) is 40.0 Å². The number of para-hydroxylation sites is 2. The molecule has 0 radical (unpaired) electrons. The summed E-state index contributed by atoms with van der Waals surface area (Å²) in [6.45, 7) is 4.65. The Bertz CT molecular complexity index is 3030. The molecule has 5 nitrogen and oxygen atoms in total. The van der Waals surface area contributed by atoms with E-state index in [1.54, 1.807) is 0 Å². The van der Waals surface area contributed by atoms with E-state index in [9.17, 15) is 0 Å². The molecule has 1 aliphatic rings. The molecule has 0 N–H and O–H groups in total. The zero-order valence-electron chi connectivity index (χ0n) is 28.8. The predicted molar refractivity (Wildman–Crippen MR) is 213 cm³/mol. The molecule has 0 spiro atoms. The molecule has 0 fully saturated rings. The molecule has 5 heteroatoms. The lowest BCUT2D eigenvalue weighted by molar-refractivity contribution is 0.660. The Hall–Kier alpha value is -6.72. The summed E-state index contributed by atoms with van der Waals surface area (Å²) in [5, 5.41) is 8.66. The lowest BCUT2D eigenvalue weighted by Gasteiger charge is -2.22. The first-order valence-corrected chi connectivity index (χ1v) is 17.8. The van der Waals surface area contributed by atoms with Crippen molar-refractivity contribution in [2.24, 2.45) is 0 Å². The molecule has 0 bridgehead atoms. The van der Waals surface area contributed by atoms with Crippen LogP contribution in [-0.2, 0) is 5.41 Å². The lowest BCUT2D eigenvalue weighted by Crippen LogP contribution is -2.14. The third-order valence-electron chi connectivity index (χ3n) is 11.2. The number of benzene rings is 6. The molecule has 6 aromatic carbocycles. The van der Waals surface area contributed by atoms with Crippen molar-refractivity contribution in [2.45, 2.75) is 19.3 Å². The van der Waals surface area contributed by atoms with Crippen molar-refractivity contribution in [1.82, 2.24) is 23.7 Å². The van der Waals surface area contributed by atoms with E-state index in [4.69, 9.17) is 10.1 Å². The minimum absolute atomic E-state index is 0.0679. The van der Waals surface area contributed by atoms with E-state index < -0.39 is 0 Å². The number of aromatic nitrogens is 5. The van der Waals surface area contributed by atoms with E-state index in [0.29, 0.717) is 5.82 Å². The van der Waals surface area contributed by atoms with E-state index in [1.165, 1.54) is 55.0 Å². The van der Waals surface area contributed by atoms with Crippen LogP contribution in [0.15, 0.2) is 164 Å². The standard InChI is InChI=1S/C47H33N5/c1-47(2)40-16-8-6-13-35(40)36-23-20-31(29-41(36)47)34-15-10-27-51-46(34)48-45(49-51)30-18-21-33(22-19-30)52-43-17-9-7-14-37(43)38-24-25-42-39(44(38)52)26-28-50(42)32-11-4-3-5-12-32/h3-29H,1-2H3. The summed E-state index contributed by atoms with van der Waals surface area (Å²) in [6, 6.07) is 54.5. The van der Waals surface area contributed by atoms with Crippen LogP contribution in [0.25, 0.3) is 83.4 Å². The summed E-state index contributed by atoms with van der Waals surface area (Å²) in [6.07, 6.45) is 4.16. The quantitative estimate of drug-likeness (QED) is 0.187. The van der Waals surface area contributed by atoms with Crippen molar-refractivity contribution in [1.29, 1.82) is 0 Å². The number of hydrogen-bond donors (Lipinski definition) is 0. The maximum atomic E-state index is 5.14. The number of hydrogen-bond acceptors (Lipinski definition) is 2. The largest absolute Gasteiger partial charge is 0.316 e. The van der Waals surface area contributed by atoms with E-state index in [-0.39, 0.29) is 5.41 Å². The Morgan fingerprint density at radius 3 is 2.13 bits per heavy atom. The van der Waals surface area contributed by atoms with Crippen molar-refractivity contribution in [3.05, 3.63) is 175 Å². The summed E-state index contributed by atoms with van der Waals surface area (Å²) < 4.78 is 6.58. The van der Waals surface area contributed by atoms with Gasteiger partial charge in [-0.1, -0.05) is 92.7 Å². The van der Waals surface area contributed by atoms with Gasteiger partial charge in [0.1, 0.15) is 0 Å². The monoisotopic (exact) mass is 667 g/mol. The van der Waals surface area contributed by atoms with Crippen LogP contribution >= 0.6 is 0 Å². The van der Waals surface area contributed by atoms with Crippen molar-refractivity contribution < 1.29 is 0 Å². The molecular formula is C47H33N5. The van der Waals surface area contributed by atoms with Gasteiger partial charge in [0.25, 0.3) is 0 Å². The van der Waals surface area contributed by atoms with Crippen molar-refractivity contribution in [2.75, 3.05) is 0 Å². The van der Waals surface area contributed by atoms with E-state index in [2.05, 4.69) is 181 Å². The average Bonchev–Trinajstić information content (AvgIpc) is 3.96. The van der Waals surface area contributed by atoms with E-state index in [1.807, 2.05) is 10.7 Å². The molecule has 4 heterocycles. The third kappa shape index (κ3) is 4.05. The first-order chi connectivity index (χ1) is 25.5. The fraction of sp³-hybridized carbons (Fsp3) is 0.0638. The first-order valence-electron chi connectivity index (χ1n) is 17.8. The zero-order chi connectivity index (χ0) is 34.6. The second kappa shape index (κ2) is 10.6. The second-order valence-corrected chi connectivity index (χ2v) is 14.4. The van der Waals surface area contributed by atoms with Gasteiger partial charge in [0.05, 0.1) is 16.6 Å². The molecule has 246 valence electrons. The van der Waals surface area contributed by atoms with Crippen LogP contribution in [0.1, 0.15) is 25.0 Å². The van der Waals surface area contributed by atoms with Crippen LogP contribution < -0.4 is 0 Å². The number of nitrogens with zero attached hydrogens (tertiary/aromatic N) is 5. The molecule has 11 rings (SSSR count). The Labute approximate surface area is 300 Å². The summed E-state index contributed by atoms with van der Waals surface area (Å²) in [5.41, 5.74) is 15.2. The minimum Gasteiger partial charge on any atom is -0.316 e. The van der Waals surface area contributed by atoms with Gasteiger partial charge in [-0.3, -0.25) is 0 Å². The average molecular weight is 668 g/mol. The molecule has 4 aromatic heterocycles. The molecular weight excluding hydrogens is 635 g/mol. The van der Waals surface area contributed by atoms with Crippen molar-refractivity contribution in [3.8, 4) is 45.0 Å². The number of rotatable bonds is 4. The normalized spacial score (nSPS) is 13.3. The van der Waals surface area contributed by atoms with Gasteiger partial charge in [-0.05, 0) is 101 Å². The summed E-state index contributed by atoms with van der Waals surface area (Å²) >= 11 is 0. The summed E-state index contributed by atoms with van der Waals surface area (Å²) in [5.74, 6) is 0.706. The Morgan fingerprint density at radius 1 is 0.500 bits per heavy atom. The molecule has 0 aliphatic heterocycles. The van der Waals surface area contributed by atoms with Crippen LogP contribution in [0.5, 0.6) is 0 Å². The molecule has 10 aromatic rings. The van der Waals surface area contributed by atoms with E-state index in [0.717, 1.165) is 33.7 Å². The van der Waals surface area contributed by atoms with Crippen LogP contribution in [0.3, 0.4) is 0 Å². The SMILES string of the molecule is CC1(C)c2ccccc2-c2ccc(-c3cccn4nc(-c5ccc(-n6c7ccccc7c7ccc8c(ccn8-c8ccccc8)c76)cc5)nc34)cc21. The first kappa shape index (κ1) is 29.1. The maximum absolute atomic E-state index is 5.14. The molecule has 0 unspecified atom stereocenters. The molecule has 1 aliphatic carbocycles. The Morgan fingerprint density at radius 2 is 1.25 bits per heavy atom. The van der Waals surface area contributed by atoms with Gasteiger partial charge >= 0.3 is 0 Å². The summed E-state index contributed by atoms with van der Waals surface area (Å²) in [7, 11) is 0. The Balaban J connectivity index is 1.01. The highest BCUT2D eigenvalue weighted by atomic mass is 15.3. The maximum Gasteiger partial charge on any atom is 0.182 e. The highest BCUT2D eigenvalue weighted by Gasteiger charge is 2.35. The van der Waals surface area contributed by atoms with Gasteiger partial charge in [0.2, 0.25) is 0 Å². The second-order valence-electron chi connectivity index (χ2n) is 14.4.